The molecule has 1 aromatic carbocycles. The van der Waals surface area contributed by atoms with E-state index in [0.717, 1.165) is 5.12 Å². The molecule has 1 rings (SSSR count). The number of carbonyl (C=O) groups is 1. The van der Waals surface area contributed by atoms with Crippen molar-refractivity contribution in [1.29, 1.82) is 5.53 Å². The monoisotopic (exact) mass is 212 g/mol. The topological polar surface area (TPSA) is 82.5 Å². The highest BCUT2D eigenvalue weighted by molar-refractivity contribution is 6.34. The number of carbonyl (C=O) groups excluding carboxylic acids is 1. The number of hydrogen-bond acceptors (Lipinski definition) is 4. The minimum absolute atomic E-state index is 0.159. The fourth-order valence-corrected chi connectivity index (χ4v) is 1.20. The predicted octanol–water partition coefficient (Wildman–Crippen LogP) is 1.64. The van der Waals surface area contributed by atoms with Crippen molar-refractivity contribution in [3.63, 3.8) is 0 Å². The van der Waals surface area contributed by atoms with Crippen LogP contribution in [0.1, 0.15) is 10.4 Å². The van der Waals surface area contributed by atoms with Crippen LogP contribution in [0, 0.1) is 5.53 Å². The number of nitrogens with zero attached hydrogens (tertiary/aromatic N) is 2. The molecule has 0 amide bonds. The lowest BCUT2D eigenvalue weighted by Crippen LogP contribution is -2.30. The molecule has 0 saturated carbocycles. The predicted molar refractivity (Wildman–Crippen MR) is 51.8 cm³/mol. The van der Waals surface area contributed by atoms with E-state index < -0.39 is 0 Å². The minimum atomic E-state index is -0.269. The van der Waals surface area contributed by atoms with E-state index in [9.17, 15) is 4.79 Å². The molecular formula is C8H9ClN4O. The summed E-state index contributed by atoms with van der Waals surface area (Å²) in [5.74, 6) is 4.91. The van der Waals surface area contributed by atoms with Gasteiger partial charge < -0.3 is 0 Å². The number of hydrazine groups is 1. The maximum atomic E-state index is 11.5. The van der Waals surface area contributed by atoms with E-state index in [4.69, 9.17) is 23.0 Å². The zero-order chi connectivity index (χ0) is 10.6. The average Bonchev–Trinajstić information content (AvgIpc) is 2.18. The smallest absolute Gasteiger partial charge is 0.187 e. The highest BCUT2D eigenvalue weighted by Gasteiger charge is 2.11. The third-order valence-corrected chi connectivity index (χ3v) is 1.94. The molecule has 0 atom stereocenters. The summed E-state index contributed by atoms with van der Waals surface area (Å²) in [6.45, 7) is -0.159. The van der Waals surface area contributed by atoms with Gasteiger partial charge >= 0.3 is 0 Å². The van der Waals surface area contributed by atoms with Crippen LogP contribution in [0.5, 0.6) is 0 Å². The molecule has 0 spiro atoms. The van der Waals surface area contributed by atoms with Crippen molar-refractivity contribution < 1.29 is 4.79 Å². The Hall–Kier alpha value is -1.46. The first-order valence-electron chi connectivity index (χ1n) is 3.82. The molecule has 0 heterocycles. The lowest BCUT2D eigenvalue weighted by molar-refractivity contribution is 0.0925. The third kappa shape index (κ3) is 2.51. The van der Waals surface area contributed by atoms with E-state index in [1.807, 2.05) is 0 Å². The lowest BCUT2D eigenvalue weighted by atomic mass is 10.1. The standard InChI is InChI=1S/C8H9ClN4O/c9-7-4-2-1-3-6(7)8(14)5-13(11)12-10/h1-4,10H,5,11H2. The molecule has 1 aromatic rings. The summed E-state index contributed by atoms with van der Waals surface area (Å²) in [5.41, 5.74) is 6.94. The Balaban J connectivity index is 2.80. The molecule has 14 heavy (non-hydrogen) atoms. The van der Waals surface area contributed by atoms with Gasteiger partial charge in [-0.15, -0.1) is 0 Å². The van der Waals surface area contributed by atoms with Crippen LogP contribution >= 0.6 is 11.6 Å². The largest absolute Gasteiger partial charge is 0.292 e. The molecule has 0 aliphatic carbocycles. The summed E-state index contributed by atoms with van der Waals surface area (Å²) in [5, 5.41) is 3.99. The Bertz CT molecular complexity index is 355. The van der Waals surface area contributed by atoms with Crippen LogP contribution in [0.3, 0.4) is 0 Å². The molecule has 0 saturated heterocycles. The van der Waals surface area contributed by atoms with Crippen molar-refractivity contribution >= 4 is 17.4 Å². The number of rotatable bonds is 4. The van der Waals surface area contributed by atoms with Gasteiger partial charge in [0.25, 0.3) is 0 Å². The van der Waals surface area contributed by atoms with Crippen molar-refractivity contribution in [2.75, 3.05) is 6.54 Å². The SMILES string of the molecule is N=NN(N)CC(=O)c1ccccc1Cl. The maximum Gasteiger partial charge on any atom is 0.187 e. The second-order valence-electron chi connectivity index (χ2n) is 2.60. The number of hydrogen-bond donors (Lipinski definition) is 2. The number of halogens is 1. The molecule has 5 nitrogen and oxygen atoms in total. The van der Waals surface area contributed by atoms with Gasteiger partial charge in [-0.3, -0.25) is 4.79 Å². The van der Waals surface area contributed by atoms with Crippen molar-refractivity contribution in [2.45, 2.75) is 0 Å². The van der Waals surface area contributed by atoms with Crippen molar-refractivity contribution in [3.8, 4) is 0 Å². The van der Waals surface area contributed by atoms with Crippen LogP contribution in [0.15, 0.2) is 29.5 Å². The van der Waals surface area contributed by atoms with Gasteiger partial charge in [-0.05, 0) is 12.1 Å². The fraction of sp³-hybridized carbons (Fsp3) is 0.125. The summed E-state index contributed by atoms with van der Waals surface area (Å²) >= 11 is 5.79. The van der Waals surface area contributed by atoms with E-state index in [1.165, 1.54) is 0 Å². The summed E-state index contributed by atoms with van der Waals surface area (Å²) in [6, 6.07) is 6.65. The van der Waals surface area contributed by atoms with Crippen molar-refractivity contribution in [2.24, 2.45) is 11.1 Å². The van der Waals surface area contributed by atoms with Crippen LogP contribution in [-0.4, -0.2) is 17.4 Å². The Morgan fingerprint density at radius 2 is 2.21 bits per heavy atom. The van der Waals surface area contributed by atoms with Gasteiger partial charge in [-0.1, -0.05) is 29.0 Å². The Kier molecular flexibility index (Phi) is 3.55. The first-order valence-corrected chi connectivity index (χ1v) is 4.20. The first kappa shape index (κ1) is 10.6. The van der Waals surface area contributed by atoms with Crippen LogP contribution < -0.4 is 5.84 Å². The number of nitrogens with one attached hydrogen (secondary N) is 1. The van der Waals surface area contributed by atoms with Crippen LogP contribution in [0.25, 0.3) is 0 Å². The zero-order valence-electron chi connectivity index (χ0n) is 7.27. The maximum absolute atomic E-state index is 11.5. The number of benzene rings is 1. The van der Waals surface area contributed by atoms with E-state index in [2.05, 4.69) is 5.22 Å². The summed E-state index contributed by atoms with van der Waals surface area (Å²) in [4.78, 5) is 11.5. The molecule has 0 fully saturated rings. The van der Waals surface area contributed by atoms with Gasteiger partial charge in [0.1, 0.15) is 6.54 Å². The van der Waals surface area contributed by atoms with Gasteiger partial charge in [0.2, 0.25) is 0 Å². The van der Waals surface area contributed by atoms with E-state index in [1.54, 1.807) is 24.3 Å². The summed E-state index contributed by atoms with van der Waals surface area (Å²) in [7, 11) is 0. The molecular weight excluding hydrogens is 204 g/mol. The summed E-state index contributed by atoms with van der Waals surface area (Å²) < 4.78 is 0. The van der Waals surface area contributed by atoms with Crippen molar-refractivity contribution in [1.82, 2.24) is 5.12 Å². The number of ketones is 1. The lowest BCUT2D eigenvalue weighted by Gasteiger charge is -2.08. The van der Waals surface area contributed by atoms with Crippen LogP contribution in [0.2, 0.25) is 5.02 Å². The third-order valence-electron chi connectivity index (χ3n) is 1.61. The number of nitrogens with two attached hydrogens (primary N) is 1. The molecule has 6 heteroatoms. The van der Waals surface area contributed by atoms with E-state index in [-0.39, 0.29) is 12.3 Å². The molecule has 0 radical (unpaired) electrons. The molecule has 0 aromatic heterocycles. The Labute approximate surface area is 85.9 Å². The molecule has 0 aliphatic rings. The highest BCUT2D eigenvalue weighted by atomic mass is 35.5. The van der Waals surface area contributed by atoms with Crippen molar-refractivity contribution in [3.05, 3.63) is 34.9 Å². The Morgan fingerprint density at radius 1 is 1.57 bits per heavy atom. The van der Waals surface area contributed by atoms with Gasteiger partial charge in [0.05, 0.1) is 5.02 Å². The van der Waals surface area contributed by atoms with Crippen LogP contribution in [0.4, 0.5) is 0 Å². The zero-order valence-corrected chi connectivity index (χ0v) is 8.03. The molecule has 0 bridgehead atoms. The quantitative estimate of drug-likeness (QED) is 0.345. The van der Waals surface area contributed by atoms with Gasteiger partial charge in [0, 0.05) is 5.56 Å². The highest BCUT2D eigenvalue weighted by Crippen LogP contribution is 2.15. The first-order chi connectivity index (χ1) is 6.65. The minimum Gasteiger partial charge on any atom is -0.292 e. The van der Waals surface area contributed by atoms with Gasteiger partial charge in [0.15, 0.2) is 5.78 Å². The second-order valence-corrected chi connectivity index (χ2v) is 3.01. The molecule has 0 aliphatic heterocycles. The van der Waals surface area contributed by atoms with E-state index >= 15 is 0 Å². The van der Waals surface area contributed by atoms with Gasteiger partial charge in [-0.25, -0.2) is 11.0 Å². The Morgan fingerprint density at radius 3 is 2.79 bits per heavy atom. The van der Waals surface area contributed by atoms with E-state index in [0.29, 0.717) is 10.6 Å². The average molecular weight is 213 g/mol. The molecule has 74 valence electrons. The second kappa shape index (κ2) is 4.69. The summed E-state index contributed by atoms with van der Waals surface area (Å²) in [6.07, 6.45) is 0. The number of Topliss-reactive ketones (excluding diaryl/α,β-unsaturated/α-hetero) is 1. The molecule has 3 N–H and O–H groups in total. The molecule has 0 unspecified atom stereocenters. The normalized spacial score (nSPS) is 9.57. The fourth-order valence-electron chi connectivity index (χ4n) is 0.955. The van der Waals surface area contributed by atoms with Crippen LogP contribution in [-0.2, 0) is 0 Å². The van der Waals surface area contributed by atoms with Gasteiger partial charge in [-0.2, -0.15) is 5.53 Å².